The second kappa shape index (κ2) is 14.4. The van der Waals surface area contributed by atoms with Gasteiger partial charge in [-0.05, 0) is 86.4 Å². The van der Waals surface area contributed by atoms with Gasteiger partial charge in [0.2, 0.25) is 0 Å². The molecule has 4 saturated carbocycles. The lowest BCUT2D eigenvalue weighted by molar-refractivity contribution is -0.367. The molecule has 5 aliphatic carbocycles. The Labute approximate surface area is 342 Å². The van der Waals surface area contributed by atoms with Gasteiger partial charge in [-0.25, -0.2) is 0 Å². The second-order valence-corrected chi connectivity index (χ2v) is 21.6. The summed E-state index contributed by atoms with van der Waals surface area (Å²) in [6.07, 6.45) is -3.78. The Morgan fingerprint density at radius 1 is 0.793 bits per heavy atom. The van der Waals surface area contributed by atoms with Crippen molar-refractivity contribution in [2.24, 2.45) is 50.2 Å². The zero-order valence-electron chi connectivity index (χ0n) is 35.6. The van der Waals surface area contributed by atoms with Gasteiger partial charge in [-0.15, -0.1) is 0 Å². The van der Waals surface area contributed by atoms with E-state index in [0.29, 0.717) is 19.4 Å². The van der Waals surface area contributed by atoms with Gasteiger partial charge < -0.3 is 64.2 Å². The van der Waals surface area contributed by atoms with Crippen molar-refractivity contribution in [2.45, 2.75) is 186 Å². The van der Waals surface area contributed by atoms with Gasteiger partial charge >= 0.3 is 5.97 Å². The number of hydrogen-bond donors (Lipinski definition) is 7. The predicted octanol–water partition coefficient (Wildman–Crippen LogP) is 2.35. The van der Waals surface area contributed by atoms with Gasteiger partial charge in [0.1, 0.15) is 49.3 Å². The van der Waals surface area contributed by atoms with Crippen LogP contribution in [0.4, 0.5) is 0 Å². The first-order valence-corrected chi connectivity index (χ1v) is 21.8. The molecule has 330 valence electrons. The quantitative estimate of drug-likeness (QED) is 0.112. The molecule has 0 radical (unpaired) electrons. The first-order chi connectivity index (χ1) is 27.0. The highest BCUT2D eigenvalue weighted by Gasteiger charge is 2.79. The summed E-state index contributed by atoms with van der Waals surface area (Å²) in [6, 6.07) is 0. The Hall–Kier alpha value is -1.27. The topological polar surface area (TPSA) is 214 Å². The summed E-state index contributed by atoms with van der Waals surface area (Å²) in [4.78, 5) is 11.4. The fourth-order valence-electron chi connectivity index (χ4n) is 14.5. The third-order valence-corrected chi connectivity index (χ3v) is 18.2. The van der Waals surface area contributed by atoms with Crippen molar-refractivity contribution < 1.29 is 69.0 Å². The highest BCUT2D eigenvalue weighted by Crippen LogP contribution is 2.79. The van der Waals surface area contributed by atoms with E-state index in [9.17, 15) is 40.5 Å². The molecule has 0 aromatic carbocycles. The lowest BCUT2D eigenvalue weighted by atomic mass is 9.32. The average Bonchev–Trinajstić information content (AvgIpc) is 3.44. The Morgan fingerprint density at radius 3 is 2.19 bits per heavy atom. The monoisotopic (exact) mass is 822 g/mol. The SMILES string of the molecule is CC(=O)OC[C@H]1O[C@@H](O[C@H]2[C@@H](O)[C@@H](C)O[C@@H](O[C@H]3CC[C@@]4(C)[C@@H](CC[C@]5(C)[C@@H]4C=C[C@]46OC[C@@]7(CCC(C)(C)C[C@H]74)[C@H](O)C[C@]65C)[C@]3(C)CO)[C@@H]2O)[C@H](O)[C@@H](O)[C@@H]1O. The standard InChI is InChI=1S/C44H70O14/c1-22-30(48)35(58-36-33(51)32(50)31(49)24(56-36)19-53-23(2)46)34(52)37(55-22)57-29-11-12-39(5)25(40(29,6)20-45)9-13-41(7)26(39)10-14-44-27-17-38(3,4)15-16-43(27,21-54-44)28(47)18-42(41,44)8/h10,14,22,24-37,45,47-52H,9,11-13,15-21H2,1-8H3/t22-,24-,25-,26-,27-,28-,29+,30+,31-,32+,33-,34-,35+,36+,37+,39+,40+,41-,42+,43-,44+/m1/s1. The fraction of sp³-hybridized carbons (Fsp3) is 0.932. The van der Waals surface area contributed by atoms with Crippen LogP contribution in [0.25, 0.3) is 0 Å². The van der Waals surface area contributed by atoms with Crippen molar-refractivity contribution in [3.63, 3.8) is 0 Å². The number of carbonyl (C=O) groups excluding carboxylic acids is 1. The zero-order chi connectivity index (χ0) is 42.2. The lowest BCUT2D eigenvalue weighted by Gasteiger charge is -2.73. The molecule has 8 aliphatic rings. The van der Waals surface area contributed by atoms with Crippen LogP contribution in [0.5, 0.6) is 0 Å². The molecule has 58 heavy (non-hydrogen) atoms. The van der Waals surface area contributed by atoms with Gasteiger partial charge in [0, 0.05) is 29.1 Å². The number of aliphatic hydroxyl groups is 7. The van der Waals surface area contributed by atoms with Crippen molar-refractivity contribution in [3.8, 4) is 0 Å². The largest absolute Gasteiger partial charge is 0.463 e. The van der Waals surface area contributed by atoms with E-state index in [1.807, 2.05) is 0 Å². The highest BCUT2D eigenvalue weighted by molar-refractivity contribution is 5.65. The molecule has 3 heterocycles. The number of esters is 1. The summed E-state index contributed by atoms with van der Waals surface area (Å²) in [5.74, 6) is -0.223. The van der Waals surface area contributed by atoms with Crippen LogP contribution in [0.2, 0.25) is 0 Å². The van der Waals surface area contributed by atoms with E-state index in [4.69, 9.17) is 28.4 Å². The summed E-state index contributed by atoms with van der Waals surface area (Å²) < 4.78 is 36.5. The molecule has 0 unspecified atom stereocenters. The Morgan fingerprint density at radius 2 is 1.50 bits per heavy atom. The van der Waals surface area contributed by atoms with E-state index in [1.54, 1.807) is 6.92 Å². The molecule has 0 aromatic heterocycles. The fourth-order valence-corrected chi connectivity index (χ4v) is 14.5. The zero-order valence-corrected chi connectivity index (χ0v) is 35.6. The molecule has 0 aromatic rings. The van der Waals surface area contributed by atoms with Gasteiger partial charge in [0.15, 0.2) is 12.6 Å². The van der Waals surface area contributed by atoms with Gasteiger partial charge in [-0.1, -0.05) is 53.7 Å². The number of aliphatic hydroxyl groups excluding tert-OH is 7. The number of fused-ring (bicyclic) bond motifs is 4. The molecule has 1 spiro atoms. The minimum Gasteiger partial charge on any atom is -0.463 e. The first-order valence-electron chi connectivity index (χ1n) is 21.8. The molecular weight excluding hydrogens is 752 g/mol. The molecule has 21 atom stereocenters. The summed E-state index contributed by atoms with van der Waals surface area (Å²) in [6.45, 7) is 16.8. The predicted molar refractivity (Wildman–Crippen MR) is 206 cm³/mol. The van der Waals surface area contributed by atoms with Crippen LogP contribution in [0.3, 0.4) is 0 Å². The maximum atomic E-state index is 12.2. The Bertz CT molecular complexity index is 1610. The number of carbonyl (C=O) groups is 1. The minimum atomic E-state index is -1.76. The lowest BCUT2D eigenvalue weighted by Crippen LogP contribution is -2.72. The molecule has 3 saturated heterocycles. The van der Waals surface area contributed by atoms with Crippen molar-refractivity contribution in [3.05, 3.63) is 12.2 Å². The van der Waals surface area contributed by atoms with Crippen LogP contribution in [0, 0.1) is 50.2 Å². The summed E-state index contributed by atoms with van der Waals surface area (Å²) in [5.41, 5.74) is -1.98. The Balaban J connectivity index is 1.03. The summed E-state index contributed by atoms with van der Waals surface area (Å²) >= 11 is 0. The van der Waals surface area contributed by atoms with E-state index in [0.717, 1.165) is 38.5 Å². The molecule has 0 amide bonds. The van der Waals surface area contributed by atoms with Crippen molar-refractivity contribution >= 4 is 5.97 Å². The number of allylic oxidation sites excluding steroid dienone is 1. The van der Waals surface area contributed by atoms with Crippen molar-refractivity contribution in [1.82, 2.24) is 0 Å². The van der Waals surface area contributed by atoms with E-state index in [-0.39, 0.29) is 51.4 Å². The van der Waals surface area contributed by atoms with Crippen LogP contribution >= 0.6 is 0 Å². The molecule has 2 bridgehead atoms. The van der Waals surface area contributed by atoms with E-state index < -0.39 is 97.2 Å². The molecule has 3 aliphatic heterocycles. The number of rotatable bonds is 7. The van der Waals surface area contributed by atoms with E-state index in [2.05, 4.69) is 53.7 Å². The smallest absolute Gasteiger partial charge is 0.302 e. The normalized spacial score (nSPS) is 57.1. The first kappa shape index (κ1) is 43.4. The third-order valence-electron chi connectivity index (χ3n) is 18.2. The van der Waals surface area contributed by atoms with Crippen LogP contribution in [-0.2, 0) is 33.2 Å². The number of ether oxygens (including phenoxy) is 6. The van der Waals surface area contributed by atoms with E-state index in [1.165, 1.54) is 6.92 Å². The third kappa shape index (κ3) is 5.97. The summed E-state index contributed by atoms with van der Waals surface area (Å²) in [5, 5.41) is 78.2. The van der Waals surface area contributed by atoms with Gasteiger partial charge in [0.05, 0.1) is 37.1 Å². The summed E-state index contributed by atoms with van der Waals surface area (Å²) in [7, 11) is 0. The highest BCUT2D eigenvalue weighted by atomic mass is 16.7. The van der Waals surface area contributed by atoms with Gasteiger partial charge in [-0.2, -0.15) is 0 Å². The maximum Gasteiger partial charge on any atom is 0.302 e. The maximum absolute atomic E-state index is 12.2. The van der Waals surface area contributed by atoms with Crippen molar-refractivity contribution in [2.75, 3.05) is 19.8 Å². The molecule has 14 nitrogen and oxygen atoms in total. The van der Waals surface area contributed by atoms with E-state index >= 15 is 0 Å². The van der Waals surface area contributed by atoms with Crippen molar-refractivity contribution in [1.29, 1.82) is 0 Å². The minimum absolute atomic E-state index is 0.0264. The van der Waals surface area contributed by atoms with Crippen LogP contribution in [-0.4, -0.2) is 141 Å². The number of hydrogen-bond acceptors (Lipinski definition) is 14. The molecule has 8 rings (SSSR count). The molecular formula is C44H70O14. The Kier molecular flexibility index (Phi) is 10.8. The second-order valence-electron chi connectivity index (χ2n) is 21.6. The van der Waals surface area contributed by atoms with Crippen LogP contribution in [0.15, 0.2) is 12.2 Å². The molecule has 14 heteroatoms. The van der Waals surface area contributed by atoms with Crippen LogP contribution < -0.4 is 0 Å². The van der Waals surface area contributed by atoms with Gasteiger partial charge in [-0.3, -0.25) is 4.79 Å². The van der Waals surface area contributed by atoms with Gasteiger partial charge in [0.25, 0.3) is 0 Å². The van der Waals surface area contributed by atoms with Crippen LogP contribution in [0.1, 0.15) is 107 Å². The average molecular weight is 823 g/mol. The molecule has 7 fully saturated rings. The molecule has 7 N–H and O–H groups in total.